The third kappa shape index (κ3) is 4.45. The minimum Gasteiger partial charge on any atom is -0.391 e. The highest BCUT2D eigenvalue weighted by Gasteiger charge is 2.05. The van der Waals surface area contributed by atoms with Gasteiger partial charge in [0.25, 0.3) is 0 Å². The van der Waals surface area contributed by atoms with Crippen molar-refractivity contribution in [2.75, 3.05) is 6.54 Å². The van der Waals surface area contributed by atoms with E-state index in [1.165, 1.54) is 0 Å². The quantitative estimate of drug-likeness (QED) is 0.790. The summed E-state index contributed by atoms with van der Waals surface area (Å²) in [6.45, 7) is 4.22. The molecule has 1 atom stereocenters. The molecule has 16 heavy (non-hydrogen) atoms. The Balaban J connectivity index is 2.40. The number of aliphatic hydroxyl groups excluding tert-OH is 1. The first-order chi connectivity index (χ1) is 7.61. The maximum absolute atomic E-state index is 11.5. The second-order valence-electron chi connectivity index (χ2n) is 4.03. The number of carbonyl (C=O) groups is 1. The summed E-state index contributed by atoms with van der Waals surface area (Å²) < 4.78 is 0. The highest BCUT2D eigenvalue weighted by Crippen LogP contribution is 2.04. The van der Waals surface area contributed by atoms with Gasteiger partial charge in [-0.3, -0.25) is 4.79 Å². The van der Waals surface area contributed by atoms with Crippen LogP contribution in [-0.4, -0.2) is 23.7 Å². The maximum atomic E-state index is 11.5. The van der Waals surface area contributed by atoms with Crippen LogP contribution in [0.2, 0.25) is 0 Å². The Bertz CT molecular complexity index is 350. The summed E-state index contributed by atoms with van der Waals surface area (Å²) >= 11 is 0. The first kappa shape index (κ1) is 12.7. The van der Waals surface area contributed by atoms with Crippen molar-refractivity contribution >= 4 is 5.91 Å². The minimum atomic E-state index is -0.443. The standard InChI is InChI=1S/C13H19NO2/c1-3-12(15)9-14-13(16)8-11-6-4-5-10(2)7-11/h4-7,12,15H,3,8-9H2,1-2H3,(H,14,16). The lowest BCUT2D eigenvalue weighted by Crippen LogP contribution is -2.32. The van der Waals surface area contributed by atoms with E-state index in [4.69, 9.17) is 0 Å². The van der Waals surface area contributed by atoms with Gasteiger partial charge in [0.1, 0.15) is 0 Å². The summed E-state index contributed by atoms with van der Waals surface area (Å²) in [5.41, 5.74) is 2.15. The van der Waals surface area contributed by atoms with Crippen LogP contribution in [-0.2, 0) is 11.2 Å². The number of amides is 1. The van der Waals surface area contributed by atoms with Crippen LogP contribution >= 0.6 is 0 Å². The van der Waals surface area contributed by atoms with E-state index < -0.39 is 6.10 Å². The van der Waals surface area contributed by atoms with Crippen LogP contribution in [0.15, 0.2) is 24.3 Å². The summed E-state index contributed by atoms with van der Waals surface area (Å²) in [5.74, 6) is -0.0434. The molecule has 1 amide bonds. The molecule has 1 aromatic rings. The van der Waals surface area contributed by atoms with Crippen LogP contribution in [0.1, 0.15) is 24.5 Å². The lowest BCUT2D eigenvalue weighted by atomic mass is 10.1. The average Bonchev–Trinajstić information content (AvgIpc) is 2.26. The average molecular weight is 221 g/mol. The molecule has 1 unspecified atom stereocenters. The SMILES string of the molecule is CCC(O)CNC(=O)Cc1cccc(C)c1. The van der Waals surface area contributed by atoms with Crippen LogP contribution in [0.4, 0.5) is 0 Å². The molecule has 3 heteroatoms. The topological polar surface area (TPSA) is 49.3 Å². The number of hydrogen-bond acceptors (Lipinski definition) is 2. The van der Waals surface area contributed by atoms with Crippen molar-refractivity contribution in [2.24, 2.45) is 0 Å². The van der Waals surface area contributed by atoms with E-state index in [0.717, 1.165) is 11.1 Å². The monoisotopic (exact) mass is 221 g/mol. The molecule has 0 fully saturated rings. The number of hydrogen-bond donors (Lipinski definition) is 2. The van der Waals surface area contributed by atoms with E-state index in [9.17, 15) is 9.90 Å². The fourth-order valence-corrected chi connectivity index (χ4v) is 1.45. The van der Waals surface area contributed by atoms with E-state index in [1.807, 2.05) is 38.1 Å². The molecule has 0 heterocycles. The molecule has 0 aliphatic carbocycles. The van der Waals surface area contributed by atoms with E-state index in [0.29, 0.717) is 19.4 Å². The van der Waals surface area contributed by atoms with Gasteiger partial charge in [0, 0.05) is 6.54 Å². The Hall–Kier alpha value is -1.35. The predicted octanol–water partition coefficient (Wildman–Crippen LogP) is 1.42. The van der Waals surface area contributed by atoms with Gasteiger partial charge in [-0.25, -0.2) is 0 Å². The zero-order chi connectivity index (χ0) is 12.0. The summed E-state index contributed by atoms with van der Waals surface area (Å²) in [6, 6.07) is 7.87. The van der Waals surface area contributed by atoms with E-state index in [1.54, 1.807) is 0 Å². The second kappa shape index (κ2) is 6.28. The fourth-order valence-electron chi connectivity index (χ4n) is 1.45. The van der Waals surface area contributed by atoms with Gasteiger partial charge < -0.3 is 10.4 Å². The minimum absolute atomic E-state index is 0.0434. The van der Waals surface area contributed by atoms with E-state index >= 15 is 0 Å². The predicted molar refractivity (Wildman–Crippen MR) is 64.2 cm³/mol. The smallest absolute Gasteiger partial charge is 0.224 e. The number of aliphatic hydroxyl groups is 1. The Morgan fingerprint density at radius 3 is 2.88 bits per heavy atom. The fraction of sp³-hybridized carbons (Fsp3) is 0.462. The largest absolute Gasteiger partial charge is 0.391 e. The highest BCUT2D eigenvalue weighted by atomic mass is 16.3. The van der Waals surface area contributed by atoms with Crippen LogP contribution in [0.25, 0.3) is 0 Å². The number of rotatable bonds is 5. The lowest BCUT2D eigenvalue weighted by molar-refractivity contribution is -0.120. The summed E-state index contributed by atoms with van der Waals surface area (Å²) in [7, 11) is 0. The van der Waals surface area contributed by atoms with Crippen LogP contribution in [0.3, 0.4) is 0 Å². The van der Waals surface area contributed by atoms with Gasteiger partial charge in [-0.15, -0.1) is 0 Å². The normalized spacial score (nSPS) is 12.2. The Labute approximate surface area is 96.5 Å². The molecule has 0 aliphatic rings. The van der Waals surface area contributed by atoms with Crippen LogP contribution in [0, 0.1) is 6.92 Å². The van der Waals surface area contributed by atoms with Crippen molar-refractivity contribution in [1.29, 1.82) is 0 Å². The van der Waals surface area contributed by atoms with Gasteiger partial charge in [0.05, 0.1) is 12.5 Å². The van der Waals surface area contributed by atoms with E-state index in [-0.39, 0.29) is 5.91 Å². The number of aryl methyl sites for hydroxylation is 1. The van der Waals surface area contributed by atoms with Gasteiger partial charge in [0.15, 0.2) is 0 Å². The molecule has 3 nitrogen and oxygen atoms in total. The van der Waals surface area contributed by atoms with Crippen LogP contribution < -0.4 is 5.32 Å². The Kier molecular flexibility index (Phi) is 4.99. The van der Waals surface area contributed by atoms with Crippen molar-refractivity contribution in [2.45, 2.75) is 32.8 Å². The molecule has 0 aliphatic heterocycles. The summed E-state index contributed by atoms with van der Waals surface area (Å²) in [4.78, 5) is 11.5. The van der Waals surface area contributed by atoms with Crippen molar-refractivity contribution in [3.8, 4) is 0 Å². The highest BCUT2D eigenvalue weighted by molar-refractivity contribution is 5.78. The molecule has 1 aromatic carbocycles. The van der Waals surface area contributed by atoms with Gasteiger partial charge in [-0.2, -0.15) is 0 Å². The lowest BCUT2D eigenvalue weighted by Gasteiger charge is -2.09. The number of nitrogens with one attached hydrogen (secondary N) is 1. The second-order valence-corrected chi connectivity index (χ2v) is 4.03. The van der Waals surface area contributed by atoms with Crippen LogP contribution in [0.5, 0.6) is 0 Å². The van der Waals surface area contributed by atoms with Crippen molar-refractivity contribution in [3.63, 3.8) is 0 Å². The van der Waals surface area contributed by atoms with Gasteiger partial charge >= 0.3 is 0 Å². The third-order valence-electron chi connectivity index (χ3n) is 2.45. The molecular weight excluding hydrogens is 202 g/mol. The molecule has 0 aromatic heterocycles. The first-order valence-corrected chi connectivity index (χ1v) is 5.62. The summed E-state index contributed by atoms with van der Waals surface area (Å²) in [5, 5.41) is 12.0. The molecule has 0 saturated heterocycles. The van der Waals surface area contributed by atoms with Gasteiger partial charge in [-0.05, 0) is 18.9 Å². The van der Waals surface area contributed by atoms with Gasteiger partial charge in [0.2, 0.25) is 5.91 Å². The molecule has 0 radical (unpaired) electrons. The zero-order valence-corrected chi connectivity index (χ0v) is 9.86. The molecule has 0 spiro atoms. The van der Waals surface area contributed by atoms with Crippen molar-refractivity contribution in [3.05, 3.63) is 35.4 Å². The van der Waals surface area contributed by atoms with Crippen molar-refractivity contribution in [1.82, 2.24) is 5.32 Å². The number of carbonyl (C=O) groups excluding carboxylic acids is 1. The molecule has 1 rings (SSSR count). The van der Waals surface area contributed by atoms with E-state index in [2.05, 4.69) is 5.32 Å². The Morgan fingerprint density at radius 2 is 2.25 bits per heavy atom. The number of benzene rings is 1. The molecule has 2 N–H and O–H groups in total. The maximum Gasteiger partial charge on any atom is 0.224 e. The first-order valence-electron chi connectivity index (χ1n) is 5.62. The van der Waals surface area contributed by atoms with Crippen molar-refractivity contribution < 1.29 is 9.90 Å². The van der Waals surface area contributed by atoms with Gasteiger partial charge in [-0.1, -0.05) is 36.8 Å². The zero-order valence-electron chi connectivity index (χ0n) is 9.86. The third-order valence-corrected chi connectivity index (χ3v) is 2.45. The summed E-state index contributed by atoms with van der Waals surface area (Å²) in [6.07, 6.45) is 0.588. The Morgan fingerprint density at radius 1 is 1.50 bits per heavy atom. The molecule has 88 valence electrons. The molecular formula is C13H19NO2. The molecule has 0 bridgehead atoms. The molecule has 0 saturated carbocycles.